The highest BCUT2D eigenvalue weighted by atomic mass is 35.5. The summed E-state index contributed by atoms with van der Waals surface area (Å²) in [6.45, 7) is 0.215. The van der Waals surface area contributed by atoms with Crippen molar-refractivity contribution in [3.8, 4) is 6.07 Å². The number of benzene rings is 1. The Hall–Kier alpha value is -3.94. The van der Waals surface area contributed by atoms with Crippen molar-refractivity contribution in [1.29, 1.82) is 5.26 Å². The number of nitrogens with zero attached hydrogens (tertiary/aromatic N) is 3. The van der Waals surface area contributed by atoms with Crippen LogP contribution in [-0.2, 0) is 11.2 Å². The van der Waals surface area contributed by atoms with Gasteiger partial charge in [0.15, 0.2) is 0 Å². The van der Waals surface area contributed by atoms with Gasteiger partial charge >= 0.3 is 5.97 Å². The predicted molar refractivity (Wildman–Crippen MR) is 132 cm³/mol. The number of carboxylic acids is 1. The fraction of sp³-hybridized carbons (Fsp3) is 0.217. The molecule has 0 fully saturated rings. The Balaban J connectivity index is 1.72. The van der Waals surface area contributed by atoms with Crippen molar-refractivity contribution in [2.45, 2.75) is 18.9 Å². The molecule has 0 saturated carbocycles. The number of carbonyl (C=O) groups is 2. The zero-order valence-electron chi connectivity index (χ0n) is 18.3. The van der Waals surface area contributed by atoms with E-state index < -0.39 is 28.8 Å². The van der Waals surface area contributed by atoms with Crippen LogP contribution < -0.4 is 26.4 Å². The lowest BCUT2D eigenvalue weighted by Crippen LogP contribution is -2.45. The first-order chi connectivity index (χ1) is 16.6. The first-order valence-electron chi connectivity index (χ1n) is 10.2. The maximum atomic E-state index is 12.5. The van der Waals surface area contributed by atoms with Gasteiger partial charge in [-0.05, 0) is 17.7 Å². The Morgan fingerprint density at radius 2 is 1.74 bits per heavy atom. The SMILES string of the molecule is CN(CCC#N)c1c(N[C@@H](Cc2ccc(C(=O)Nc3c(Cl)cncc3Cl)cc2)C(=O)O)c(=O)c1=O. The van der Waals surface area contributed by atoms with Gasteiger partial charge in [0.05, 0.1) is 28.2 Å². The van der Waals surface area contributed by atoms with Gasteiger partial charge in [-0.3, -0.25) is 19.4 Å². The Morgan fingerprint density at radius 1 is 1.11 bits per heavy atom. The number of amides is 1. The summed E-state index contributed by atoms with van der Waals surface area (Å²) in [7, 11) is 1.55. The molecule has 0 aliphatic heterocycles. The molecule has 2 aromatic carbocycles. The smallest absolute Gasteiger partial charge is 0.326 e. The number of carboxylic acid groups (broad SMARTS) is 1. The molecule has 10 nitrogen and oxygen atoms in total. The van der Waals surface area contributed by atoms with Gasteiger partial charge in [-0.2, -0.15) is 5.26 Å². The van der Waals surface area contributed by atoms with Crippen LogP contribution in [0.4, 0.5) is 17.1 Å². The number of aliphatic carboxylic acids is 1. The highest BCUT2D eigenvalue weighted by molar-refractivity contribution is 6.39. The molecule has 1 amide bonds. The minimum Gasteiger partial charge on any atom is -0.480 e. The fourth-order valence-electron chi connectivity index (χ4n) is 3.33. The van der Waals surface area contributed by atoms with Gasteiger partial charge in [0.25, 0.3) is 16.8 Å². The minimum absolute atomic E-state index is 0.0284. The summed E-state index contributed by atoms with van der Waals surface area (Å²) in [5.74, 6) is -1.71. The average molecular weight is 516 g/mol. The maximum absolute atomic E-state index is 12.5. The van der Waals surface area contributed by atoms with Gasteiger partial charge in [0.2, 0.25) is 0 Å². The van der Waals surface area contributed by atoms with E-state index in [9.17, 15) is 24.3 Å². The Bertz CT molecular complexity index is 1360. The summed E-state index contributed by atoms with van der Waals surface area (Å²) >= 11 is 12.0. The fourth-order valence-corrected chi connectivity index (χ4v) is 3.79. The molecule has 0 saturated heterocycles. The topological polar surface area (TPSA) is 152 Å². The second-order valence-electron chi connectivity index (χ2n) is 7.58. The number of carbonyl (C=O) groups excluding carboxylic acids is 1. The van der Waals surface area contributed by atoms with E-state index in [2.05, 4.69) is 15.6 Å². The van der Waals surface area contributed by atoms with Gasteiger partial charge in [-0.25, -0.2) is 4.79 Å². The minimum atomic E-state index is -1.23. The van der Waals surface area contributed by atoms with Crippen molar-refractivity contribution in [3.05, 3.63) is 78.3 Å². The summed E-state index contributed by atoms with van der Waals surface area (Å²) in [5.41, 5.74) is -0.517. The van der Waals surface area contributed by atoms with Gasteiger partial charge in [0.1, 0.15) is 17.4 Å². The second-order valence-corrected chi connectivity index (χ2v) is 8.39. The first-order valence-corrected chi connectivity index (χ1v) is 11.0. The van der Waals surface area contributed by atoms with E-state index in [0.29, 0.717) is 5.56 Å². The Kier molecular flexibility index (Phi) is 8.06. The Morgan fingerprint density at radius 3 is 2.31 bits per heavy atom. The van der Waals surface area contributed by atoms with E-state index >= 15 is 0 Å². The molecule has 3 N–H and O–H groups in total. The van der Waals surface area contributed by atoms with Crippen LogP contribution in [0.5, 0.6) is 0 Å². The van der Waals surface area contributed by atoms with E-state index in [1.807, 2.05) is 6.07 Å². The number of nitrogens with one attached hydrogen (secondary N) is 2. The van der Waals surface area contributed by atoms with Crippen LogP contribution in [0.25, 0.3) is 0 Å². The average Bonchev–Trinajstić information content (AvgIpc) is 2.83. The maximum Gasteiger partial charge on any atom is 0.326 e. The van der Waals surface area contributed by atoms with E-state index in [1.54, 1.807) is 19.2 Å². The zero-order valence-corrected chi connectivity index (χ0v) is 19.9. The molecule has 12 heteroatoms. The van der Waals surface area contributed by atoms with Crippen LogP contribution in [0.2, 0.25) is 10.0 Å². The molecule has 35 heavy (non-hydrogen) atoms. The predicted octanol–water partition coefficient (Wildman–Crippen LogP) is 2.69. The number of pyridine rings is 1. The molecule has 0 radical (unpaired) electrons. The molecule has 3 rings (SSSR count). The van der Waals surface area contributed by atoms with Crippen LogP contribution in [0.3, 0.4) is 0 Å². The van der Waals surface area contributed by atoms with Crippen molar-refractivity contribution in [3.63, 3.8) is 0 Å². The van der Waals surface area contributed by atoms with Crippen LogP contribution >= 0.6 is 23.2 Å². The quantitative estimate of drug-likeness (QED) is 0.345. The summed E-state index contributed by atoms with van der Waals surface area (Å²) in [6.07, 6.45) is 2.79. The number of nitriles is 1. The molecule has 1 atom stereocenters. The van der Waals surface area contributed by atoms with Crippen molar-refractivity contribution < 1.29 is 14.7 Å². The lowest BCUT2D eigenvalue weighted by Gasteiger charge is -2.25. The summed E-state index contributed by atoms with van der Waals surface area (Å²) in [5, 5.41) is 24.0. The van der Waals surface area contributed by atoms with Crippen LogP contribution in [-0.4, -0.2) is 41.6 Å². The number of hydrogen-bond donors (Lipinski definition) is 3. The molecule has 1 heterocycles. The van der Waals surface area contributed by atoms with E-state index in [0.717, 1.165) is 0 Å². The monoisotopic (exact) mass is 515 g/mol. The van der Waals surface area contributed by atoms with Crippen LogP contribution in [0.15, 0.2) is 46.2 Å². The van der Waals surface area contributed by atoms with Crippen molar-refractivity contribution >= 4 is 52.1 Å². The van der Waals surface area contributed by atoms with Crippen LogP contribution in [0.1, 0.15) is 22.3 Å². The third-order valence-corrected chi connectivity index (χ3v) is 5.76. The second kappa shape index (κ2) is 11.0. The van der Waals surface area contributed by atoms with Gasteiger partial charge in [-0.15, -0.1) is 0 Å². The summed E-state index contributed by atoms with van der Waals surface area (Å²) in [4.78, 5) is 53.7. The van der Waals surface area contributed by atoms with E-state index in [4.69, 9.17) is 28.5 Å². The summed E-state index contributed by atoms with van der Waals surface area (Å²) in [6, 6.07) is 6.89. The highest BCUT2D eigenvalue weighted by Crippen LogP contribution is 2.29. The molecule has 0 unspecified atom stereocenters. The zero-order chi connectivity index (χ0) is 25.7. The Labute approximate surface area is 209 Å². The van der Waals surface area contributed by atoms with Gasteiger partial charge < -0.3 is 20.6 Å². The van der Waals surface area contributed by atoms with E-state index in [-0.39, 0.29) is 52.1 Å². The molecular weight excluding hydrogens is 497 g/mol. The molecule has 0 aliphatic carbocycles. The summed E-state index contributed by atoms with van der Waals surface area (Å²) < 4.78 is 0. The number of anilines is 3. The molecule has 0 spiro atoms. The molecule has 3 aromatic rings. The van der Waals surface area contributed by atoms with Crippen molar-refractivity contribution in [2.75, 3.05) is 29.1 Å². The van der Waals surface area contributed by atoms with Crippen LogP contribution in [0, 0.1) is 11.3 Å². The number of aromatic nitrogens is 1. The largest absolute Gasteiger partial charge is 0.480 e. The normalized spacial score (nSPS) is 11.5. The highest BCUT2D eigenvalue weighted by Gasteiger charge is 2.28. The third kappa shape index (κ3) is 5.77. The lowest BCUT2D eigenvalue weighted by molar-refractivity contribution is -0.137. The van der Waals surface area contributed by atoms with Crippen molar-refractivity contribution in [2.24, 2.45) is 0 Å². The van der Waals surface area contributed by atoms with E-state index in [1.165, 1.54) is 29.4 Å². The molecular formula is C23H19Cl2N5O5. The third-order valence-electron chi connectivity index (χ3n) is 5.19. The molecule has 0 aliphatic rings. The number of rotatable bonds is 10. The molecule has 0 bridgehead atoms. The molecule has 180 valence electrons. The van der Waals surface area contributed by atoms with Crippen molar-refractivity contribution in [1.82, 2.24) is 4.98 Å². The first kappa shape index (κ1) is 25.7. The number of hydrogen-bond acceptors (Lipinski definition) is 8. The standard InChI is InChI=1S/C23H19Cl2N5O5/c1-30(8-2-7-26)19-18(20(31)21(19)32)28-16(23(34)35)9-12-3-5-13(6-4-12)22(33)29-17-14(24)10-27-11-15(17)25/h3-6,10-11,16,28H,2,8-9H2,1H3,(H,34,35)(H,27,29,33)/t16-/m0/s1. The van der Waals surface area contributed by atoms with Gasteiger partial charge in [0, 0.05) is 38.0 Å². The number of halogens is 2. The lowest BCUT2D eigenvalue weighted by atomic mass is 10.0. The molecule has 1 aromatic heterocycles. The van der Waals surface area contributed by atoms with Gasteiger partial charge in [-0.1, -0.05) is 35.3 Å².